The van der Waals surface area contributed by atoms with E-state index in [1.807, 2.05) is 75.4 Å². The number of hydrogen-bond donors (Lipinski definition) is 1. The Kier molecular flexibility index (Phi) is 12.4. The number of nitrogens with one attached hydrogen (secondary N) is 1. The van der Waals surface area contributed by atoms with Crippen LogP contribution in [0, 0.1) is 6.92 Å². The first kappa shape index (κ1) is 35.5. The first-order chi connectivity index (χ1) is 22.5. The summed E-state index contributed by atoms with van der Waals surface area (Å²) in [7, 11) is -4.30. The number of carbonyl (C=O) groups excluding carboxylic acids is 2. The summed E-state index contributed by atoms with van der Waals surface area (Å²) in [4.78, 5) is 30.1. The Morgan fingerprint density at radius 1 is 0.872 bits per heavy atom. The number of hydrogen-bond acceptors (Lipinski definition) is 5. The lowest BCUT2D eigenvalue weighted by Crippen LogP contribution is -2.54. The zero-order valence-corrected chi connectivity index (χ0v) is 28.8. The van der Waals surface area contributed by atoms with Gasteiger partial charge in [-0.05, 0) is 74.7 Å². The Hall–Kier alpha value is -4.34. The highest BCUT2D eigenvalue weighted by Gasteiger charge is 2.35. The van der Waals surface area contributed by atoms with Crippen molar-refractivity contribution in [3.05, 3.63) is 125 Å². The lowest BCUT2D eigenvalue weighted by atomic mass is 10.0. The summed E-state index contributed by atoms with van der Waals surface area (Å²) in [6.07, 6.45) is 0.942. The topological polar surface area (TPSA) is 96.0 Å². The van der Waals surface area contributed by atoms with Crippen molar-refractivity contribution in [2.45, 2.75) is 64.1 Å². The van der Waals surface area contributed by atoms with Gasteiger partial charge in [0.1, 0.15) is 18.3 Å². The molecular weight excluding hydrogens is 634 g/mol. The highest BCUT2D eigenvalue weighted by molar-refractivity contribution is 7.92. The Morgan fingerprint density at radius 3 is 2.19 bits per heavy atom. The molecule has 1 N–H and O–H groups in total. The fourth-order valence-corrected chi connectivity index (χ4v) is 6.74. The Balaban J connectivity index is 1.84. The number of rotatable bonds is 15. The molecule has 0 saturated heterocycles. The van der Waals surface area contributed by atoms with Gasteiger partial charge in [0.15, 0.2) is 0 Å². The number of para-hydroxylation sites is 2. The molecule has 0 bridgehead atoms. The molecule has 47 heavy (non-hydrogen) atoms. The van der Waals surface area contributed by atoms with Crippen LogP contribution in [0.5, 0.6) is 5.75 Å². The molecule has 10 heteroatoms. The van der Waals surface area contributed by atoms with Crippen molar-refractivity contribution < 1.29 is 22.7 Å². The molecule has 0 aliphatic heterocycles. The summed E-state index contributed by atoms with van der Waals surface area (Å²) in [6.45, 7) is 7.44. The SMILES string of the molecule is CCOc1ccccc1N(CC(=O)N(Cc1cccc(C)c1)C(Cc1ccccc1)C(=O)NC(C)CC)S(=O)(=O)c1ccc(Cl)cc1. The Morgan fingerprint density at radius 2 is 1.53 bits per heavy atom. The van der Waals surface area contributed by atoms with E-state index in [1.54, 1.807) is 31.2 Å². The predicted octanol–water partition coefficient (Wildman–Crippen LogP) is 6.80. The first-order valence-corrected chi connectivity index (χ1v) is 17.5. The van der Waals surface area contributed by atoms with Crippen LogP contribution >= 0.6 is 11.6 Å². The molecule has 248 valence electrons. The van der Waals surface area contributed by atoms with Crippen molar-refractivity contribution >= 4 is 39.1 Å². The summed E-state index contributed by atoms with van der Waals surface area (Å²) in [5.74, 6) is -0.553. The molecule has 0 radical (unpaired) electrons. The van der Waals surface area contributed by atoms with Crippen molar-refractivity contribution in [1.29, 1.82) is 0 Å². The van der Waals surface area contributed by atoms with Gasteiger partial charge in [0, 0.05) is 24.0 Å². The second kappa shape index (κ2) is 16.5. The number of benzene rings is 4. The van der Waals surface area contributed by atoms with Gasteiger partial charge in [-0.25, -0.2) is 8.42 Å². The van der Waals surface area contributed by atoms with Gasteiger partial charge in [-0.1, -0.05) is 90.8 Å². The van der Waals surface area contributed by atoms with Crippen molar-refractivity contribution in [2.75, 3.05) is 17.5 Å². The van der Waals surface area contributed by atoms with Gasteiger partial charge in [0.2, 0.25) is 11.8 Å². The van der Waals surface area contributed by atoms with E-state index < -0.39 is 28.5 Å². The number of ether oxygens (including phenoxy) is 1. The number of sulfonamides is 1. The summed E-state index contributed by atoms with van der Waals surface area (Å²) in [5, 5.41) is 3.43. The van der Waals surface area contributed by atoms with Crippen LogP contribution in [0.15, 0.2) is 108 Å². The average molecular weight is 676 g/mol. The van der Waals surface area contributed by atoms with Crippen LogP contribution in [0.3, 0.4) is 0 Å². The van der Waals surface area contributed by atoms with Crippen LogP contribution in [0.1, 0.15) is 43.9 Å². The van der Waals surface area contributed by atoms with Crippen LogP contribution in [-0.4, -0.2) is 50.4 Å². The second-order valence-electron chi connectivity index (χ2n) is 11.4. The van der Waals surface area contributed by atoms with E-state index in [0.717, 1.165) is 21.0 Å². The van der Waals surface area contributed by atoms with E-state index in [4.69, 9.17) is 16.3 Å². The van der Waals surface area contributed by atoms with E-state index in [2.05, 4.69) is 5.32 Å². The third kappa shape index (κ3) is 9.36. The number of anilines is 1. The van der Waals surface area contributed by atoms with Gasteiger partial charge >= 0.3 is 0 Å². The second-order valence-corrected chi connectivity index (χ2v) is 13.7. The van der Waals surface area contributed by atoms with E-state index in [1.165, 1.54) is 29.2 Å². The van der Waals surface area contributed by atoms with E-state index in [9.17, 15) is 18.0 Å². The van der Waals surface area contributed by atoms with Gasteiger partial charge in [-0.15, -0.1) is 0 Å². The zero-order chi connectivity index (χ0) is 34.0. The Bertz CT molecular complexity index is 1750. The molecule has 4 aromatic carbocycles. The lowest BCUT2D eigenvalue weighted by molar-refractivity contribution is -0.140. The van der Waals surface area contributed by atoms with Gasteiger partial charge < -0.3 is 15.0 Å². The molecule has 0 heterocycles. The van der Waals surface area contributed by atoms with Crippen molar-refractivity contribution in [3.8, 4) is 5.75 Å². The Labute approximate surface area is 283 Å². The minimum atomic E-state index is -4.30. The molecule has 8 nitrogen and oxygen atoms in total. The maximum atomic E-state index is 14.7. The third-order valence-electron chi connectivity index (χ3n) is 7.82. The monoisotopic (exact) mass is 675 g/mol. The van der Waals surface area contributed by atoms with Crippen LogP contribution in [-0.2, 0) is 32.6 Å². The van der Waals surface area contributed by atoms with E-state index in [0.29, 0.717) is 17.2 Å². The summed E-state index contributed by atoms with van der Waals surface area (Å²) >= 11 is 6.09. The van der Waals surface area contributed by atoms with Gasteiger partial charge in [0.05, 0.1) is 17.2 Å². The van der Waals surface area contributed by atoms with Gasteiger partial charge in [-0.2, -0.15) is 0 Å². The van der Waals surface area contributed by atoms with Crippen LogP contribution < -0.4 is 14.4 Å². The summed E-state index contributed by atoms with van der Waals surface area (Å²) < 4.78 is 35.5. The maximum absolute atomic E-state index is 14.7. The smallest absolute Gasteiger partial charge is 0.264 e. The fourth-order valence-electron chi connectivity index (χ4n) is 5.19. The molecule has 0 aliphatic rings. The highest BCUT2D eigenvalue weighted by Crippen LogP contribution is 2.33. The maximum Gasteiger partial charge on any atom is 0.264 e. The quantitative estimate of drug-likeness (QED) is 0.150. The summed E-state index contributed by atoms with van der Waals surface area (Å²) in [5.41, 5.74) is 2.88. The molecule has 0 fully saturated rings. The first-order valence-electron chi connectivity index (χ1n) is 15.7. The molecule has 0 saturated carbocycles. The van der Waals surface area contributed by atoms with Crippen LogP contribution in [0.2, 0.25) is 5.02 Å². The molecule has 4 aromatic rings. The molecule has 0 aromatic heterocycles. The van der Waals surface area contributed by atoms with Crippen LogP contribution in [0.4, 0.5) is 5.69 Å². The number of carbonyl (C=O) groups is 2. The van der Waals surface area contributed by atoms with Crippen molar-refractivity contribution in [1.82, 2.24) is 10.2 Å². The molecule has 0 spiro atoms. The molecule has 2 amide bonds. The lowest BCUT2D eigenvalue weighted by Gasteiger charge is -2.34. The minimum Gasteiger partial charge on any atom is -0.492 e. The van der Waals surface area contributed by atoms with Crippen molar-refractivity contribution in [2.24, 2.45) is 0 Å². The van der Waals surface area contributed by atoms with Gasteiger partial charge in [0.25, 0.3) is 10.0 Å². The zero-order valence-electron chi connectivity index (χ0n) is 27.2. The highest BCUT2D eigenvalue weighted by atomic mass is 35.5. The predicted molar refractivity (Wildman–Crippen MR) is 187 cm³/mol. The van der Waals surface area contributed by atoms with E-state index >= 15 is 0 Å². The van der Waals surface area contributed by atoms with Crippen molar-refractivity contribution in [3.63, 3.8) is 0 Å². The minimum absolute atomic E-state index is 0.0402. The largest absolute Gasteiger partial charge is 0.492 e. The van der Waals surface area contributed by atoms with Gasteiger partial charge in [-0.3, -0.25) is 13.9 Å². The molecule has 2 unspecified atom stereocenters. The number of aryl methyl sites for hydroxylation is 1. The number of nitrogens with zero attached hydrogens (tertiary/aromatic N) is 2. The molecular formula is C37H42ClN3O5S. The standard InChI is InChI=1S/C37H42ClN3O5S/c1-5-28(4)39-37(43)34(24-29-14-8-7-9-15-29)40(25-30-16-12-13-27(3)23-30)36(42)26-41(33-17-10-11-18-35(33)46-6-2)47(44,45)32-21-19-31(38)20-22-32/h7-23,28,34H,5-6,24-26H2,1-4H3,(H,39,43). The average Bonchev–Trinajstić information content (AvgIpc) is 3.06. The van der Waals surface area contributed by atoms with Crippen LogP contribution in [0.25, 0.3) is 0 Å². The number of amides is 2. The molecule has 4 rings (SSSR count). The summed E-state index contributed by atoms with van der Waals surface area (Å²) in [6, 6.07) is 28.6. The number of halogens is 1. The normalized spacial score (nSPS) is 12.5. The fraction of sp³-hybridized carbons (Fsp3) is 0.297. The van der Waals surface area contributed by atoms with E-state index in [-0.39, 0.29) is 42.1 Å². The molecule has 2 atom stereocenters. The third-order valence-corrected chi connectivity index (χ3v) is 9.85. The molecule has 0 aliphatic carbocycles.